The Kier molecular flexibility index (Phi) is 3.44. The number of carbonyl (C=O) groups excluding carboxylic acids is 1. The summed E-state index contributed by atoms with van der Waals surface area (Å²) >= 11 is 0. The number of rotatable bonds is 3. The summed E-state index contributed by atoms with van der Waals surface area (Å²) in [5, 5.41) is 0. The highest BCUT2D eigenvalue weighted by Gasteiger charge is 2.52. The van der Waals surface area contributed by atoms with Crippen molar-refractivity contribution in [2.45, 2.75) is 39.0 Å². The van der Waals surface area contributed by atoms with Gasteiger partial charge in [0.15, 0.2) is 0 Å². The fourth-order valence-corrected chi connectivity index (χ4v) is 3.49. The number of nitrogens with zero attached hydrogens (tertiary/aromatic N) is 3. The van der Waals surface area contributed by atoms with Crippen molar-refractivity contribution in [1.82, 2.24) is 14.9 Å². The van der Waals surface area contributed by atoms with Gasteiger partial charge in [-0.15, -0.1) is 0 Å². The third-order valence-electron chi connectivity index (χ3n) is 5.54. The molecular formula is C17H23FN4O2. The van der Waals surface area contributed by atoms with Crippen molar-refractivity contribution in [1.29, 1.82) is 0 Å². The van der Waals surface area contributed by atoms with Gasteiger partial charge in [0.1, 0.15) is 0 Å². The lowest BCUT2D eigenvalue weighted by molar-refractivity contribution is -0.133. The minimum Gasteiger partial charge on any atom is -0.339 e. The minimum atomic E-state index is -0.744. The van der Waals surface area contributed by atoms with E-state index in [1.54, 1.807) is 0 Å². The second-order valence-corrected chi connectivity index (χ2v) is 7.92. The van der Waals surface area contributed by atoms with Gasteiger partial charge in [-0.3, -0.25) is 14.6 Å². The van der Waals surface area contributed by atoms with E-state index in [1.807, 2.05) is 9.80 Å². The molecule has 4 rings (SSSR count). The molecule has 1 unspecified atom stereocenters. The quantitative estimate of drug-likeness (QED) is 0.909. The van der Waals surface area contributed by atoms with Gasteiger partial charge in [-0.2, -0.15) is 4.39 Å². The topological polar surface area (TPSA) is 69.3 Å². The Labute approximate surface area is 140 Å². The maximum absolute atomic E-state index is 13.9. The lowest BCUT2D eigenvalue weighted by Gasteiger charge is -2.35. The summed E-state index contributed by atoms with van der Waals surface area (Å²) in [6.45, 7) is 6.70. The Morgan fingerprint density at radius 1 is 1.25 bits per heavy atom. The van der Waals surface area contributed by atoms with E-state index in [9.17, 15) is 14.0 Å². The molecule has 1 atom stereocenters. The number of amides is 1. The number of hydrogen-bond acceptors (Lipinski definition) is 4. The van der Waals surface area contributed by atoms with Crippen LogP contribution < -0.4 is 10.5 Å². The monoisotopic (exact) mass is 334 g/mol. The molecule has 7 heteroatoms. The molecule has 0 aromatic carbocycles. The summed E-state index contributed by atoms with van der Waals surface area (Å²) in [7, 11) is 0. The summed E-state index contributed by atoms with van der Waals surface area (Å²) < 4.78 is 13.9. The molecule has 3 aliphatic rings. The molecule has 2 saturated carbocycles. The van der Waals surface area contributed by atoms with E-state index in [-0.39, 0.29) is 23.2 Å². The van der Waals surface area contributed by atoms with Crippen LogP contribution in [0.25, 0.3) is 0 Å². The molecule has 1 saturated heterocycles. The third-order valence-corrected chi connectivity index (χ3v) is 5.54. The van der Waals surface area contributed by atoms with Gasteiger partial charge >= 0.3 is 0 Å². The first-order valence-electron chi connectivity index (χ1n) is 8.70. The van der Waals surface area contributed by atoms with Gasteiger partial charge in [0.05, 0.1) is 5.69 Å². The van der Waals surface area contributed by atoms with Crippen molar-refractivity contribution in [3.05, 3.63) is 21.9 Å². The molecule has 1 amide bonds. The molecule has 24 heavy (non-hydrogen) atoms. The number of aromatic amines is 1. The maximum Gasteiger partial charge on any atom is 0.288 e. The Hall–Kier alpha value is -1.92. The molecule has 1 aliphatic heterocycles. The molecule has 1 aromatic rings. The van der Waals surface area contributed by atoms with Crippen molar-refractivity contribution < 1.29 is 9.18 Å². The van der Waals surface area contributed by atoms with Crippen LogP contribution in [0.4, 0.5) is 10.3 Å². The van der Waals surface area contributed by atoms with E-state index < -0.39 is 11.4 Å². The van der Waals surface area contributed by atoms with Crippen LogP contribution in [-0.2, 0) is 4.79 Å². The van der Waals surface area contributed by atoms with Gasteiger partial charge in [0.25, 0.3) is 5.56 Å². The van der Waals surface area contributed by atoms with Crippen molar-refractivity contribution in [3.63, 3.8) is 0 Å². The highest BCUT2D eigenvalue weighted by Crippen LogP contribution is 2.52. The van der Waals surface area contributed by atoms with E-state index in [4.69, 9.17) is 0 Å². The van der Waals surface area contributed by atoms with Crippen LogP contribution >= 0.6 is 0 Å². The first-order chi connectivity index (χ1) is 11.4. The molecule has 3 fully saturated rings. The predicted molar refractivity (Wildman–Crippen MR) is 87.5 cm³/mol. The fraction of sp³-hybridized carbons (Fsp3) is 0.706. The van der Waals surface area contributed by atoms with Crippen molar-refractivity contribution in [2.75, 3.05) is 31.1 Å². The third kappa shape index (κ3) is 2.70. The zero-order chi connectivity index (χ0) is 17.1. The summed E-state index contributed by atoms with van der Waals surface area (Å²) in [6, 6.07) is 0. The number of anilines is 1. The van der Waals surface area contributed by atoms with Crippen LogP contribution in [0.5, 0.6) is 0 Å². The zero-order valence-corrected chi connectivity index (χ0v) is 14.1. The van der Waals surface area contributed by atoms with Gasteiger partial charge < -0.3 is 9.80 Å². The van der Waals surface area contributed by atoms with Gasteiger partial charge in [0, 0.05) is 38.0 Å². The average Bonchev–Trinajstić information content (AvgIpc) is 3.47. The number of hydrogen-bond donors (Lipinski definition) is 1. The molecule has 130 valence electrons. The highest BCUT2D eigenvalue weighted by atomic mass is 19.1. The highest BCUT2D eigenvalue weighted by molar-refractivity contribution is 5.82. The van der Waals surface area contributed by atoms with Crippen LogP contribution in [0.1, 0.15) is 44.7 Å². The molecule has 2 aliphatic carbocycles. The lowest BCUT2D eigenvalue weighted by Crippen LogP contribution is -2.50. The number of nitrogens with one attached hydrogen (secondary N) is 1. The first kappa shape index (κ1) is 15.6. The standard InChI is InChI=1S/C17H23FN4O2/c1-17(2)9-11(17)15(24)21-5-7-22(8-6-21)16-19-13(10-3-4-10)12(18)14(23)20-16/h10-11H,3-9H2,1-2H3,(H,19,20,23). The van der Waals surface area contributed by atoms with Crippen LogP contribution in [0.15, 0.2) is 4.79 Å². The van der Waals surface area contributed by atoms with Gasteiger partial charge in [0.2, 0.25) is 17.7 Å². The fourth-order valence-electron chi connectivity index (χ4n) is 3.49. The average molecular weight is 334 g/mol. The van der Waals surface area contributed by atoms with E-state index in [2.05, 4.69) is 23.8 Å². The van der Waals surface area contributed by atoms with Crippen LogP contribution in [-0.4, -0.2) is 47.0 Å². The summed E-state index contributed by atoms with van der Waals surface area (Å²) in [5.41, 5.74) is -0.260. The van der Waals surface area contributed by atoms with E-state index in [0.29, 0.717) is 37.8 Å². The molecule has 0 radical (unpaired) electrons. The van der Waals surface area contributed by atoms with Crippen molar-refractivity contribution in [3.8, 4) is 0 Å². The van der Waals surface area contributed by atoms with Crippen molar-refractivity contribution in [2.24, 2.45) is 11.3 Å². The SMILES string of the molecule is CC1(C)CC1C(=O)N1CCN(c2nc(C3CC3)c(F)c(=O)[nH]2)CC1. The van der Waals surface area contributed by atoms with Crippen LogP contribution in [0.2, 0.25) is 0 Å². The van der Waals surface area contributed by atoms with Crippen LogP contribution in [0.3, 0.4) is 0 Å². The number of aromatic nitrogens is 2. The second kappa shape index (κ2) is 5.29. The molecule has 1 N–H and O–H groups in total. The summed E-state index contributed by atoms with van der Waals surface area (Å²) in [4.78, 5) is 35.0. The normalized spacial score (nSPS) is 25.7. The Bertz CT molecular complexity index is 733. The Morgan fingerprint density at radius 2 is 1.88 bits per heavy atom. The molecular weight excluding hydrogens is 311 g/mol. The van der Waals surface area contributed by atoms with Crippen molar-refractivity contribution >= 4 is 11.9 Å². The number of carbonyl (C=O) groups is 1. The molecule has 0 spiro atoms. The van der Waals surface area contributed by atoms with Gasteiger partial charge in [-0.1, -0.05) is 13.8 Å². The lowest BCUT2D eigenvalue weighted by atomic mass is 10.1. The predicted octanol–water partition coefficient (Wildman–Crippen LogP) is 1.48. The molecule has 1 aromatic heterocycles. The van der Waals surface area contributed by atoms with E-state index in [0.717, 1.165) is 19.3 Å². The molecule has 2 heterocycles. The largest absolute Gasteiger partial charge is 0.339 e. The summed E-state index contributed by atoms with van der Waals surface area (Å²) in [5.74, 6) is 0.160. The minimum absolute atomic E-state index is 0.0889. The van der Waals surface area contributed by atoms with E-state index >= 15 is 0 Å². The van der Waals surface area contributed by atoms with Gasteiger partial charge in [-0.25, -0.2) is 4.98 Å². The summed E-state index contributed by atoms with van der Waals surface area (Å²) in [6.07, 6.45) is 2.75. The molecule has 0 bridgehead atoms. The number of piperazine rings is 1. The maximum atomic E-state index is 13.9. The first-order valence-corrected chi connectivity index (χ1v) is 8.70. The second-order valence-electron chi connectivity index (χ2n) is 7.92. The van der Waals surface area contributed by atoms with Gasteiger partial charge in [-0.05, 0) is 24.7 Å². The zero-order valence-electron chi connectivity index (χ0n) is 14.1. The Morgan fingerprint density at radius 3 is 2.42 bits per heavy atom. The Balaban J connectivity index is 1.44. The number of halogens is 1. The molecule has 6 nitrogen and oxygen atoms in total. The van der Waals surface area contributed by atoms with Crippen LogP contribution in [0, 0.1) is 17.2 Å². The van der Waals surface area contributed by atoms with E-state index in [1.165, 1.54) is 0 Å². The number of H-pyrrole nitrogens is 1. The smallest absolute Gasteiger partial charge is 0.288 e.